The van der Waals surface area contributed by atoms with Crippen molar-refractivity contribution < 1.29 is 9.76 Å². The first-order valence-corrected chi connectivity index (χ1v) is 8.64. The van der Waals surface area contributed by atoms with Crippen LogP contribution >= 0.6 is 0 Å². The molecule has 2 N–H and O–H groups in total. The summed E-state index contributed by atoms with van der Waals surface area (Å²) >= 11 is 0. The molecule has 5 nitrogen and oxygen atoms in total. The molecule has 0 unspecified atom stereocenters. The van der Waals surface area contributed by atoms with Crippen LogP contribution < -0.4 is 10.1 Å². The minimum atomic E-state index is 0.752. The number of hydrogen-bond donors (Lipinski definition) is 2. The molecule has 0 fully saturated rings. The molecular formula is C19H23BN3O2. The lowest BCUT2D eigenvalue weighted by Crippen LogP contribution is -2.04. The topological polar surface area (TPSA) is 59.3 Å². The van der Waals surface area contributed by atoms with Crippen LogP contribution in [0.4, 0.5) is 11.6 Å². The van der Waals surface area contributed by atoms with Crippen molar-refractivity contribution in [3.8, 4) is 5.75 Å². The number of nitrogens with one attached hydrogen (secondary N) is 1. The standard InChI is InChI=1S/C19H23BN3O2/c1-25-16-11-9-15(10-12-16)21-19-22-17-7-3-4-8-18(17)23(19)14-6-2-5-13-20-24/h3-4,7-12,24H,2,5-6,13-14H2,1H3,(H,21,22). The molecule has 0 bridgehead atoms. The summed E-state index contributed by atoms with van der Waals surface area (Å²) in [6.45, 7) is 0.893. The number of benzene rings is 2. The Bertz CT molecular complexity index is 802. The van der Waals surface area contributed by atoms with Gasteiger partial charge in [-0.2, -0.15) is 0 Å². The van der Waals surface area contributed by atoms with Crippen molar-refractivity contribution in [3.05, 3.63) is 48.5 Å². The van der Waals surface area contributed by atoms with Gasteiger partial charge in [-0.25, -0.2) is 4.98 Å². The lowest BCUT2D eigenvalue weighted by molar-refractivity contribution is 0.415. The zero-order chi connectivity index (χ0) is 17.5. The van der Waals surface area contributed by atoms with Crippen LogP contribution in [0.15, 0.2) is 48.5 Å². The molecule has 0 amide bonds. The molecule has 6 heteroatoms. The highest BCUT2D eigenvalue weighted by Crippen LogP contribution is 2.24. The predicted octanol–water partition coefficient (Wildman–Crippen LogP) is 3.99. The van der Waals surface area contributed by atoms with Crippen molar-refractivity contribution in [2.75, 3.05) is 12.4 Å². The number of imidazole rings is 1. The number of aromatic nitrogens is 2. The summed E-state index contributed by atoms with van der Waals surface area (Å²) in [5.74, 6) is 1.68. The zero-order valence-electron chi connectivity index (χ0n) is 14.5. The summed E-state index contributed by atoms with van der Waals surface area (Å²) in [7, 11) is 2.90. The molecule has 0 spiro atoms. The minimum Gasteiger partial charge on any atom is -0.497 e. The Kier molecular flexibility index (Phi) is 5.96. The van der Waals surface area contributed by atoms with Gasteiger partial charge in [0, 0.05) is 12.2 Å². The Hall–Kier alpha value is -2.47. The van der Waals surface area contributed by atoms with E-state index in [1.165, 1.54) is 7.48 Å². The van der Waals surface area contributed by atoms with E-state index in [0.717, 1.165) is 60.5 Å². The van der Waals surface area contributed by atoms with Gasteiger partial charge >= 0.3 is 0 Å². The molecule has 0 aliphatic carbocycles. The number of methoxy groups -OCH3 is 1. The van der Waals surface area contributed by atoms with Crippen LogP contribution in [0.25, 0.3) is 11.0 Å². The van der Waals surface area contributed by atoms with Gasteiger partial charge in [0.2, 0.25) is 5.95 Å². The Balaban J connectivity index is 1.79. The molecule has 0 saturated carbocycles. The van der Waals surface area contributed by atoms with Gasteiger partial charge in [-0.05, 0) is 42.8 Å². The molecule has 3 aromatic rings. The fourth-order valence-electron chi connectivity index (χ4n) is 2.88. The van der Waals surface area contributed by atoms with Crippen LogP contribution in [0.5, 0.6) is 5.75 Å². The fraction of sp³-hybridized carbons (Fsp3) is 0.316. The first-order chi connectivity index (χ1) is 12.3. The Labute approximate surface area is 148 Å². The average molecular weight is 336 g/mol. The van der Waals surface area contributed by atoms with Crippen molar-refractivity contribution in [2.24, 2.45) is 0 Å². The van der Waals surface area contributed by atoms with Gasteiger partial charge in [-0.15, -0.1) is 0 Å². The highest BCUT2D eigenvalue weighted by molar-refractivity contribution is 6.25. The minimum absolute atomic E-state index is 0.752. The molecule has 129 valence electrons. The first kappa shape index (κ1) is 17.4. The van der Waals surface area contributed by atoms with Crippen molar-refractivity contribution in [1.29, 1.82) is 0 Å². The Morgan fingerprint density at radius 1 is 1.08 bits per heavy atom. The summed E-state index contributed by atoms with van der Waals surface area (Å²) in [5.41, 5.74) is 3.10. The van der Waals surface area contributed by atoms with Crippen LogP contribution in [-0.4, -0.2) is 29.2 Å². The second kappa shape index (κ2) is 8.58. The van der Waals surface area contributed by atoms with E-state index < -0.39 is 0 Å². The van der Waals surface area contributed by atoms with Crippen LogP contribution in [0, 0.1) is 0 Å². The van der Waals surface area contributed by atoms with Gasteiger partial charge in [-0.3, -0.25) is 0 Å². The van der Waals surface area contributed by atoms with E-state index in [1.54, 1.807) is 7.11 Å². The number of fused-ring (bicyclic) bond motifs is 1. The number of anilines is 2. The monoisotopic (exact) mass is 336 g/mol. The SMILES string of the molecule is COc1ccc(Nc2nc3ccccc3n2CCCCC[B]O)cc1. The van der Waals surface area contributed by atoms with Crippen LogP contribution in [0.2, 0.25) is 6.32 Å². The number of para-hydroxylation sites is 2. The molecule has 0 aliphatic rings. The van der Waals surface area contributed by atoms with E-state index in [4.69, 9.17) is 14.7 Å². The van der Waals surface area contributed by atoms with Crippen molar-refractivity contribution in [1.82, 2.24) is 9.55 Å². The summed E-state index contributed by atoms with van der Waals surface area (Å²) in [5, 5.41) is 12.2. The van der Waals surface area contributed by atoms with Crippen LogP contribution in [0.3, 0.4) is 0 Å². The third-order valence-corrected chi connectivity index (χ3v) is 4.22. The fourth-order valence-corrected chi connectivity index (χ4v) is 2.88. The second-order valence-corrected chi connectivity index (χ2v) is 5.96. The van der Waals surface area contributed by atoms with E-state index in [2.05, 4.69) is 16.0 Å². The van der Waals surface area contributed by atoms with Crippen molar-refractivity contribution in [3.63, 3.8) is 0 Å². The maximum Gasteiger partial charge on any atom is 0.287 e. The molecule has 3 rings (SSSR count). The lowest BCUT2D eigenvalue weighted by Gasteiger charge is -2.11. The Morgan fingerprint density at radius 2 is 1.88 bits per heavy atom. The summed E-state index contributed by atoms with van der Waals surface area (Å²) in [4.78, 5) is 4.74. The van der Waals surface area contributed by atoms with E-state index in [-0.39, 0.29) is 0 Å². The number of rotatable bonds is 9. The molecule has 0 atom stereocenters. The highest BCUT2D eigenvalue weighted by Gasteiger charge is 2.10. The Morgan fingerprint density at radius 3 is 2.64 bits per heavy atom. The summed E-state index contributed by atoms with van der Waals surface area (Å²) in [6.07, 6.45) is 3.88. The number of unbranched alkanes of at least 4 members (excludes halogenated alkanes) is 2. The summed E-state index contributed by atoms with van der Waals surface area (Å²) < 4.78 is 7.43. The molecule has 1 heterocycles. The number of aryl methyl sites for hydroxylation is 1. The van der Waals surface area contributed by atoms with Crippen LogP contribution in [-0.2, 0) is 6.54 Å². The molecule has 0 aliphatic heterocycles. The van der Waals surface area contributed by atoms with E-state index in [1.807, 2.05) is 42.5 Å². The maximum absolute atomic E-state index is 8.78. The van der Waals surface area contributed by atoms with Gasteiger partial charge in [0.15, 0.2) is 0 Å². The smallest absolute Gasteiger partial charge is 0.287 e. The number of hydrogen-bond acceptors (Lipinski definition) is 4. The molecular weight excluding hydrogens is 313 g/mol. The number of nitrogens with zero attached hydrogens (tertiary/aromatic N) is 2. The quantitative estimate of drug-likeness (QED) is 0.458. The first-order valence-electron chi connectivity index (χ1n) is 8.64. The van der Waals surface area contributed by atoms with Gasteiger partial charge < -0.3 is 19.6 Å². The van der Waals surface area contributed by atoms with Gasteiger partial charge in [-0.1, -0.05) is 31.3 Å². The number of ether oxygens (including phenoxy) is 1. The van der Waals surface area contributed by atoms with E-state index in [0.29, 0.717) is 0 Å². The summed E-state index contributed by atoms with van der Waals surface area (Å²) in [6, 6.07) is 16.0. The van der Waals surface area contributed by atoms with E-state index in [9.17, 15) is 0 Å². The average Bonchev–Trinajstić information content (AvgIpc) is 2.99. The van der Waals surface area contributed by atoms with Crippen molar-refractivity contribution >= 4 is 30.2 Å². The predicted molar refractivity (Wildman–Crippen MR) is 103 cm³/mol. The largest absolute Gasteiger partial charge is 0.497 e. The molecule has 2 aromatic carbocycles. The van der Waals surface area contributed by atoms with Gasteiger partial charge in [0.05, 0.1) is 18.1 Å². The van der Waals surface area contributed by atoms with Gasteiger partial charge in [0.25, 0.3) is 7.48 Å². The molecule has 1 aromatic heterocycles. The normalized spacial score (nSPS) is 10.8. The van der Waals surface area contributed by atoms with Crippen molar-refractivity contribution in [2.45, 2.75) is 32.1 Å². The zero-order valence-corrected chi connectivity index (χ0v) is 14.5. The molecule has 25 heavy (non-hydrogen) atoms. The van der Waals surface area contributed by atoms with Crippen LogP contribution in [0.1, 0.15) is 19.3 Å². The molecule has 1 radical (unpaired) electrons. The highest BCUT2D eigenvalue weighted by atomic mass is 16.5. The molecule has 0 saturated heterocycles. The third kappa shape index (κ3) is 4.34. The third-order valence-electron chi connectivity index (χ3n) is 4.22. The lowest BCUT2D eigenvalue weighted by atomic mass is 9.92. The van der Waals surface area contributed by atoms with E-state index >= 15 is 0 Å². The van der Waals surface area contributed by atoms with Gasteiger partial charge in [0.1, 0.15) is 5.75 Å². The second-order valence-electron chi connectivity index (χ2n) is 5.96. The maximum atomic E-state index is 8.78.